The third-order valence-corrected chi connectivity index (χ3v) is 1.85. The van der Waals surface area contributed by atoms with Crippen molar-refractivity contribution < 1.29 is 9.21 Å². The van der Waals surface area contributed by atoms with Gasteiger partial charge in [-0.25, -0.2) is 5.43 Å². The molecule has 0 atom stereocenters. The first-order valence-electron chi connectivity index (χ1n) is 4.62. The summed E-state index contributed by atoms with van der Waals surface area (Å²) in [6.07, 6.45) is 7.63. The molecule has 0 radical (unpaired) electrons. The van der Waals surface area contributed by atoms with E-state index in [0.717, 1.165) is 5.56 Å². The molecule has 0 aliphatic heterocycles. The van der Waals surface area contributed by atoms with E-state index in [-0.39, 0.29) is 5.91 Å². The van der Waals surface area contributed by atoms with Gasteiger partial charge in [0.2, 0.25) is 0 Å². The summed E-state index contributed by atoms with van der Waals surface area (Å²) in [6.45, 7) is 0. The van der Waals surface area contributed by atoms with Crippen LogP contribution in [0.15, 0.2) is 52.6 Å². The Morgan fingerprint density at radius 1 is 1.50 bits per heavy atom. The summed E-state index contributed by atoms with van der Waals surface area (Å²) in [4.78, 5) is 15.3. The van der Waals surface area contributed by atoms with Crippen molar-refractivity contribution in [1.82, 2.24) is 10.4 Å². The summed E-state index contributed by atoms with van der Waals surface area (Å²) >= 11 is 0. The average molecular weight is 215 g/mol. The molecule has 0 aromatic carbocycles. The van der Waals surface area contributed by atoms with Crippen molar-refractivity contribution in [3.63, 3.8) is 0 Å². The number of hydrogen-bond acceptors (Lipinski definition) is 4. The van der Waals surface area contributed by atoms with Crippen LogP contribution in [0, 0.1) is 0 Å². The van der Waals surface area contributed by atoms with Gasteiger partial charge >= 0.3 is 0 Å². The van der Waals surface area contributed by atoms with E-state index in [4.69, 9.17) is 4.42 Å². The van der Waals surface area contributed by atoms with Crippen LogP contribution in [0.4, 0.5) is 0 Å². The number of hydrazone groups is 1. The number of rotatable bonds is 3. The first-order valence-corrected chi connectivity index (χ1v) is 4.62. The molecule has 0 aliphatic rings. The zero-order valence-corrected chi connectivity index (χ0v) is 8.33. The molecule has 0 unspecified atom stereocenters. The van der Waals surface area contributed by atoms with Crippen LogP contribution in [0.25, 0.3) is 0 Å². The van der Waals surface area contributed by atoms with E-state index < -0.39 is 0 Å². The maximum absolute atomic E-state index is 11.5. The molecule has 2 aromatic heterocycles. The highest BCUT2D eigenvalue weighted by Crippen LogP contribution is 1.96. The van der Waals surface area contributed by atoms with E-state index in [1.165, 1.54) is 24.9 Å². The standard InChI is InChI=1S/C11H9N3O2/c15-11(10-2-1-4-12-7-10)14-13-6-9-3-5-16-8-9/h1-8H,(H,14,15)/b13-6-. The Morgan fingerprint density at radius 3 is 3.12 bits per heavy atom. The Morgan fingerprint density at radius 2 is 2.44 bits per heavy atom. The Bertz CT molecular complexity index is 477. The Hall–Kier alpha value is -2.43. The SMILES string of the molecule is O=C(N/N=C\c1ccoc1)c1cccnc1. The largest absolute Gasteiger partial charge is 0.472 e. The zero-order chi connectivity index (χ0) is 11.2. The number of pyridine rings is 1. The van der Waals surface area contributed by atoms with Crippen LogP contribution in [0.5, 0.6) is 0 Å². The van der Waals surface area contributed by atoms with Crippen molar-refractivity contribution in [1.29, 1.82) is 0 Å². The molecule has 0 spiro atoms. The molecule has 5 heteroatoms. The van der Waals surface area contributed by atoms with Gasteiger partial charge in [-0.2, -0.15) is 5.10 Å². The lowest BCUT2D eigenvalue weighted by Crippen LogP contribution is -2.17. The van der Waals surface area contributed by atoms with Gasteiger partial charge in [-0.3, -0.25) is 9.78 Å². The minimum atomic E-state index is -0.298. The van der Waals surface area contributed by atoms with Crippen LogP contribution < -0.4 is 5.43 Å². The number of hydrogen-bond donors (Lipinski definition) is 1. The van der Waals surface area contributed by atoms with Gasteiger partial charge in [-0.05, 0) is 18.2 Å². The topological polar surface area (TPSA) is 67.5 Å². The fourth-order valence-electron chi connectivity index (χ4n) is 1.08. The van der Waals surface area contributed by atoms with Gasteiger partial charge in [-0.1, -0.05) is 0 Å². The molecule has 1 amide bonds. The van der Waals surface area contributed by atoms with Crippen molar-refractivity contribution >= 4 is 12.1 Å². The van der Waals surface area contributed by atoms with Gasteiger partial charge in [0.1, 0.15) is 0 Å². The number of nitrogens with one attached hydrogen (secondary N) is 1. The Labute approximate surface area is 91.8 Å². The molecule has 2 aromatic rings. The predicted molar refractivity (Wildman–Crippen MR) is 58.0 cm³/mol. The quantitative estimate of drug-likeness (QED) is 0.622. The van der Waals surface area contributed by atoms with Gasteiger partial charge in [0, 0.05) is 18.0 Å². The van der Waals surface area contributed by atoms with E-state index >= 15 is 0 Å². The van der Waals surface area contributed by atoms with E-state index in [1.807, 2.05) is 0 Å². The molecular weight excluding hydrogens is 206 g/mol. The van der Waals surface area contributed by atoms with Crippen molar-refractivity contribution in [2.45, 2.75) is 0 Å². The van der Waals surface area contributed by atoms with Gasteiger partial charge in [0.25, 0.3) is 5.91 Å². The molecule has 16 heavy (non-hydrogen) atoms. The lowest BCUT2D eigenvalue weighted by Gasteiger charge is -1.97. The normalized spacial score (nSPS) is 10.5. The maximum Gasteiger partial charge on any atom is 0.272 e. The smallest absolute Gasteiger partial charge is 0.272 e. The highest BCUT2D eigenvalue weighted by molar-refractivity contribution is 5.94. The third kappa shape index (κ3) is 2.54. The van der Waals surface area contributed by atoms with Crippen LogP contribution in [0.2, 0.25) is 0 Å². The molecule has 2 heterocycles. The van der Waals surface area contributed by atoms with Crippen molar-refractivity contribution in [3.8, 4) is 0 Å². The summed E-state index contributed by atoms with van der Waals surface area (Å²) in [5, 5.41) is 3.78. The highest BCUT2D eigenvalue weighted by atomic mass is 16.3. The highest BCUT2D eigenvalue weighted by Gasteiger charge is 2.02. The lowest BCUT2D eigenvalue weighted by molar-refractivity contribution is 0.0955. The fourth-order valence-corrected chi connectivity index (χ4v) is 1.08. The van der Waals surface area contributed by atoms with Crippen LogP contribution in [-0.4, -0.2) is 17.1 Å². The minimum Gasteiger partial charge on any atom is -0.472 e. The molecule has 80 valence electrons. The first kappa shape index (κ1) is 10.1. The van der Waals surface area contributed by atoms with Gasteiger partial charge in [0.05, 0.1) is 24.3 Å². The number of aromatic nitrogens is 1. The fraction of sp³-hybridized carbons (Fsp3) is 0. The molecular formula is C11H9N3O2. The van der Waals surface area contributed by atoms with Crippen LogP contribution in [-0.2, 0) is 0 Å². The second-order valence-electron chi connectivity index (χ2n) is 3.00. The summed E-state index contributed by atoms with van der Waals surface area (Å²) in [7, 11) is 0. The molecule has 0 saturated carbocycles. The number of carbonyl (C=O) groups excluding carboxylic acids is 1. The van der Waals surface area contributed by atoms with E-state index in [9.17, 15) is 4.79 Å². The second-order valence-corrected chi connectivity index (χ2v) is 3.00. The molecule has 0 bridgehead atoms. The molecule has 2 rings (SSSR count). The van der Waals surface area contributed by atoms with Crippen LogP contribution in [0.3, 0.4) is 0 Å². The summed E-state index contributed by atoms with van der Waals surface area (Å²) in [6, 6.07) is 5.09. The first-order chi connectivity index (χ1) is 7.86. The Balaban J connectivity index is 1.94. The summed E-state index contributed by atoms with van der Waals surface area (Å²) < 4.78 is 4.84. The van der Waals surface area contributed by atoms with Crippen LogP contribution >= 0.6 is 0 Å². The van der Waals surface area contributed by atoms with Crippen molar-refractivity contribution in [2.24, 2.45) is 5.10 Å². The second kappa shape index (κ2) is 4.88. The van der Waals surface area contributed by atoms with E-state index in [2.05, 4.69) is 15.5 Å². The number of amides is 1. The average Bonchev–Trinajstić information content (AvgIpc) is 2.83. The van der Waals surface area contributed by atoms with E-state index in [1.54, 1.807) is 24.4 Å². The van der Waals surface area contributed by atoms with Gasteiger partial charge < -0.3 is 4.42 Å². The third-order valence-electron chi connectivity index (χ3n) is 1.85. The molecule has 1 N–H and O–H groups in total. The Kier molecular flexibility index (Phi) is 3.08. The van der Waals surface area contributed by atoms with Gasteiger partial charge in [-0.15, -0.1) is 0 Å². The maximum atomic E-state index is 11.5. The summed E-state index contributed by atoms with van der Waals surface area (Å²) in [5.74, 6) is -0.298. The monoisotopic (exact) mass is 215 g/mol. The van der Waals surface area contributed by atoms with E-state index in [0.29, 0.717) is 5.56 Å². The zero-order valence-electron chi connectivity index (χ0n) is 8.33. The lowest BCUT2D eigenvalue weighted by atomic mass is 10.3. The van der Waals surface area contributed by atoms with Crippen molar-refractivity contribution in [3.05, 3.63) is 54.2 Å². The minimum absolute atomic E-state index is 0.298. The number of nitrogens with zero attached hydrogens (tertiary/aromatic N) is 2. The predicted octanol–water partition coefficient (Wildman–Crippen LogP) is 1.44. The molecule has 0 aliphatic carbocycles. The van der Waals surface area contributed by atoms with Crippen molar-refractivity contribution in [2.75, 3.05) is 0 Å². The number of carbonyl (C=O) groups is 1. The van der Waals surface area contributed by atoms with Gasteiger partial charge in [0.15, 0.2) is 0 Å². The summed E-state index contributed by atoms with van der Waals surface area (Å²) in [5.41, 5.74) is 3.63. The molecule has 0 fully saturated rings. The molecule has 5 nitrogen and oxygen atoms in total. The molecule has 0 saturated heterocycles. The number of furan rings is 1. The van der Waals surface area contributed by atoms with Crippen LogP contribution in [0.1, 0.15) is 15.9 Å².